The van der Waals surface area contributed by atoms with Gasteiger partial charge in [-0.15, -0.1) is 0 Å². The van der Waals surface area contributed by atoms with E-state index in [0.29, 0.717) is 5.39 Å². The minimum atomic E-state index is -1.43. The van der Waals surface area contributed by atoms with Crippen LogP contribution in [0.4, 0.5) is 0 Å². The molecule has 0 radical (unpaired) electrons. The summed E-state index contributed by atoms with van der Waals surface area (Å²) in [5.41, 5.74) is 0.232. The second kappa shape index (κ2) is 4.21. The quantitative estimate of drug-likeness (QED) is 0.431. The van der Waals surface area contributed by atoms with Gasteiger partial charge in [0, 0.05) is 5.56 Å². The van der Waals surface area contributed by atoms with Crippen molar-refractivity contribution in [2.24, 2.45) is 0 Å². The Bertz CT molecular complexity index is 818. The van der Waals surface area contributed by atoms with Crippen LogP contribution < -0.4 is 0 Å². The summed E-state index contributed by atoms with van der Waals surface area (Å²) in [6.07, 6.45) is 0. The van der Waals surface area contributed by atoms with E-state index < -0.39 is 11.8 Å². The number of rotatable bonds is 2. The van der Waals surface area contributed by atoms with E-state index in [1.807, 2.05) is 36.4 Å². The number of carboxylic acid groups (broad SMARTS) is 1. The van der Waals surface area contributed by atoms with Gasteiger partial charge in [0.1, 0.15) is 0 Å². The summed E-state index contributed by atoms with van der Waals surface area (Å²) in [5.74, 6) is -2.30. The standard InChI is InChI=1S/C16H10O3/c17-15(16(18)19)14-7-3-6-12-11-5-2-1-4-10(11)8-9-13(12)14/h1-9H,(H,18,19). The van der Waals surface area contributed by atoms with Crippen LogP contribution >= 0.6 is 0 Å². The Morgan fingerprint density at radius 2 is 1.47 bits per heavy atom. The third kappa shape index (κ3) is 1.76. The molecule has 3 nitrogen and oxygen atoms in total. The molecule has 0 aliphatic carbocycles. The maximum absolute atomic E-state index is 11.7. The lowest BCUT2D eigenvalue weighted by Crippen LogP contribution is -2.12. The molecule has 0 aliphatic heterocycles. The van der Waals surface area contributed by atoms with Gasteiger partial charge >= 0.3 is 5.97 Å². The molecule has 92 valence electrons. The van der Waals surface area contributed by atoms with Gasteiger partial charge in [0.15, 0.2) is 0 Å². The largest absolute Gasteiger partial charge is 0.475 e. The number of hydrogen-bond donors (Lipinski definition) is 1. The van der Waals surface area contributed by atoms with Crippen molar-refractivity contribution in [2.75, 3.05) is 0 Å². The highest BCUT2D eigenvalue weighted by atomic mass is 16.4. The zero-order valence-electron chi connectivity index (χ0n) is 9.96. The highest BCUT2D eigenvalue weighted by Crippen LogP contribution is 2.27. The smallest absolute Gasteiger partial charge is 0.377 e. The van der Waals surface area contributed by atoms with Crippen LogP contribution in [0.3, 0.4) is 0 Å². The average molecular weight is 250 g/mol. The molecule has 3 aromatic rings. The second-order valence-electron chi connectivity index (χ2n) is 4.32. The Hall–Kier alpha value is -2.68. The Kier molecular flexibility index (Phi) is 2.53. The molecule has 1 N–H and O–H groups in total. The molecule has 0 saturated carbocycles. The molecular formula is C16H10O3. The molecule has 0 amide bonds. The summed E-state index contributed by atoms with van der Waals surface area (Å²) in [4.78, 5) is 22.6. The Morgan fingerprint density at radius 3 is 2.26 bits per heavy atom. The van der Waals surface area contributed by atoms with Crippen molar-refractivity contribution in [2.45, 2.75) is 0 Å². The van der Waals surface area contributed by atoms with Crippen LogP contribution in [-0.4, -0.2) is 16.9 Å². The summed E-state index contributed by atoms with van der Waals surface area (Å²) in [7, 11) is 0. The summed E-state index contributed by atoms with van der Waals surface area (Å²) >= 11 is 0. The maximum atomic E-state index is 11.7. The van der Waals surface area contributed by atoms with Crippen LogP contribution in [0.5, 0.6) is 0 Å². The van der Waals surface area contributed by atoms with Crippen molar-refractivity contribution in [1.82, 2.24) is 0 Å². The first-order valence-corrected chi connectivity index (χ1v) is 5.86. The number of carbonyl (C=O) groups is 2. The molecule has 0 spiro atoms. The molecule has 0 aromatic heterocycles. The summed E-state index contributed by atoms with van der Waals surface area (Å²) in [6, 6.07) is 16.7. The molecule has 0 fully saturated rings. The van der Waals surface area contributed by atoms with Crippen molar-refractivity contribution >= 4 is 33.3 Å². The first kappa shape index (κ1) is 11.4. The zero-order valence-corrected chi connectivity index (χ0v) is 9.96. The van der Waals surface area contributed by atoms with Gasteiger partial charge in [0.25, 0.3) is 5.78 Å². The molecule has 0 unspecified atom stereocenters. The number of Topliss-reactive ketones (excluding diaryl/α,β-unsaturated/α-hetero) is 1. The van der Waals surface area contributed by atoms with Crippen molar-refractivity contribution in [1.29, 1.82) is 0 Å². The highest BCUT2D eigenvalue weighted by Gasteiger charge is 2.17. The van der Waals surface area contributed by atoms with Crippen LogP contribution in [0.25, 0.3) is 21.5 Å². The van der Waals surface area contributed by atoms with Gasteiger partial charge in [-0.3, -0.25) is 4.79 Å². The second-order valence-corrected chi connectivity index (χ2v) is 4.32. The number of carbonyl (C=O) groups excluding carboxylic acids is 1. The van der Waals surface area contributed by atoms with Gasteiger partial charge in [0.05, 0.1) is 0 Å². The predicted octanol–water partition coefficient (Wildman–Crippen LogP) is 3.26. The third-order valence-electron chi connectivity index (χ3n) is 3.23. The van der Waals surface area contributed by atoms with E-state index in [1.165, 1.54) is 0 Å². The van der Waals surface area contributed by atoms with Crippen molar-refractivity contribution in [3.63, 3.8) is 0 Å². The van der Waals surface area contributed by atoms with Gasteiger partial charge in [-0.25, -0.2) is 4.79 Å². The van der Waals surface area contributed by atoms with Crippen LogP contribution in [0, 0.1) is 0 Å². The monoisotopic (exact) mass is 250 g/mol. The SMILES string of the molecule is O=C(O)C(=O)c1cccc2c1ccc1ccccc12. The molecule has 0 aliphatic rings. The number of benzene rings is 3. The van der Waals surface area contributed by atoms with Crippen molar-refractivity contribution in [3.05, 3.63) is 60.2 Å². The minimum Gasteiger partial charge on any atom is -0.475 e. The van der Waals surface area contributed by atoms with E-state index in [1.54, 1.807) is 18.2 Å². The van der Waals surface area contributed by atoms with Crippen LogP contribution in [0.1, 0.15) is 10.4 Å². The van der Waals surface area contributed by atoms with Crippen LogP contribution in [0.15, 0.2) is 54.6 Å². The fourth-order valence-electron chi connectivity index (χ4n) is 2.35. The zero-order chi connectivity index (χ0) is 13.4. The van der Waals surface area contributed by atoms with Crippen LogP contribution in [0.2, 0.25) is 0 Å². The van der Waals surface area contributed by atoms with Gasteiger partial charge in [-0.05, 0) is 21.5 Å². The molecule has 0 heterocycles. The number of fused-ring (bicyclic) bond motifs is 3. The fourth-order valence-corrected chi connectivity index (χ4v) is 2.35. The lowest BCUT2D eigenvalue weighted by atomic mass is 9.97. The number of ketones is 1. The Morgan fingerprint density at radius 1 is 0.737 bits per heavy atom. The highest BCUT2D eigenvalue weighted by molar-refractivity contribution is 6.42. The number of carboxylic acids is 1. The average Bonchev–Trinajstić information content (AvgIpc) is 2.45. The lowest BCUT2D eigenvalue weighted by Gasteiger charge is -2.06. The molecule has 3 aromatic carbocycles. The van der Waals surface area contributed by atoms with E-state index in [2.05, 4.69) is 0 Å². The molecule has 3 rings (SSSR count). The van der Waals surface area contributed by atoms with E-state index >= 15 is 0 Å². The van der Waals surface area contributed by atoms with Gasteiger partial charge in [0.2, 0.25) is 0 Å². The van der Waals surface area contributed by atoms with Crippen LogP contribution in [-0.2, 0) is 4.79 Å². The number of aliphatic carboxylic acids is 1. The van der Waals surface area contributed by atoms with Crippen molar-refractivity contribution < 1.29 is 14.7 Å². The predicted molar refractivity (Wildman–Crippen MR) is 73.4 cm³/mol. The molecule has 0 atom stereocenters. The van der Waals surface area contributed by atoms with E-state index in [9.17, 15) is 9.59 Å². The maximum Gasteiger partial charge on any atom is 0.377 e. The summed E-state index contributed by atoms with van der Waals surface area (Å²) in [6.45, 7) is 0. The lowest BCUT2D eigenvalue weighted by molar-refractivity contribution is -0.131. The summed E-state index contributed by atoms with van der Waals surface area (Å²) in [5, 5.41) is 12.5. The normalized spacial score (nSPS) is 10.7. The van der Waals surface area contributed by atoms with E-state index in [4.69, 9.17) is 5.11 Å². The first-order valence-electron chi connectivity index (χ1n) is 5.86. The van der Waals surface area contributed by atoms with Gasteiger partial charge in [-0.2, -0.15) is 0 Å². The molecule has 0 saturated heterocycles. The van der Waals surface area contributed by atoms with Gasteiger partial charge in [-0.1, -0.05) is 54.6 Å². The fraction of sp³-hybridized carbons (Fsp3) is 0. The molecule has 3 heteroatoms. The Balaban J connectivity index is 2.41. The third-order valence-corrected chi connectivity index (χ3v) is 3.23. The topological polar surface area (TPSA) is 54.4 Å². The van der Waals surface area contributed by atoms with E-state index in [0.717, 1.165) is 16.2 Å². The molecule has 0 bridgehead atoms. The van der Waals surface area contributed by atoms with E-state index in [-0.39, 0.29) is 5.56 Å². The Labute approximate surface area is 109 Å². The number of hydrogen-bond acceptors (Lipinski definition) is 2. The molecule has 19 heavy (non-hydrogen) atoms. The minimum absolute atomic E-state index is 0.232. The molecular weight excluding hydrogens is 240 g/mol. The first-order chi connectivity index (χ1) is 9.18. The van der Waals surface area contributed by atoms with Crippen molar-refractivity contribution in [3.8, 4) is 0 Å². The van der Waals surface area contributed by atoms with Gasteiger partial charge < -0.3 is 5.11 Å². The summed E-state index contributed by atoms with van der Waals surface area (Å²) < 4.78 is 0.